The molecule has 1 aliphatic rings. The Morgan fingerprint density at radius 3 is 2.27 bits per heavy atom. The maximum Gasteiger partial charge on any atom is 0.243 e. The fraction of sp³-hybridized carbons (Fsp3) is 0.789. The maximum atomic E-state index is 13.0. The van der Waals surface area contributed by atoms with Gasteiger partial charge < -0.3 is 15.5 Å². The van der Waals surface area contributed by atoms with Gasteiger partial charge in [-0.3, -0.25) is 19.2 Å². The summed E-state index contributed by atoms with van der Waals surface area (Å²) in [6.07, 6.45) is 2.38. The van der Waals surface area contributed by atoms with Gasteiger partial charge >= 0.3 is 0 Å². The molecular formula is C19H33N3O4. The first kappa shape index (κ1) is 22.3. The number of nitrogens with one attached hydrogen (secondary N) is 2. The molecule has 148 valence electrons. The van der Waals surface area contributed by atoms with Crippen molar-refractivity contribution in [2.45, 2.75) is 78.4 Å². The van der Waals surface area contributed by atoms with Gasteiger partial charge in [0.25, 0.3) is 0 Å². The second kappa shape index (κ2) is 9.26. The van der Waals surface area contributed by atoms with Crippen LogP contribution in [-0.4, -0.2) is 60.0 Å². The highest BCUT2D eigenvalue weighted by Gasteiger charge is 2.41. The Morgan fingerprint density at radius 1 is 1.19 bits per heavy atom. The Kier molecular flexibility index (Phi) is 7.93. The van der Waals surface area contributed by atoms with Gasteiger partial charge in [0.15, 0.2) is 5.78 Å². The third kappa shape index (κ3) is 5.37. The highest BCUT2D eigenvalue weighted by molar-refractivity contribution is 6.38. The molecule has 1 heterocycles. The number of hydrogen-bond acceptors (Lipinski definition) is 5. The van der Waals surface area contributed by atoms with Gasteiger partial charge in [0.2, 0.25) is 17.6 Å². The Hall–Kier alpha value is -1.76. The van der Waals surface area contributed by atoms with Crippen molar-refractivity contribution in [2.75, 3.05) is 13.6 Å². The van der Waals surface area contributed by atoms with E-state index in [-0.39, 0.29) is 17.2 Å². The standard InChI is InChI=1S/C19H33N3O4/c1-7-9-13(15(24)12(2)23)21-17(25)14-10-8-11-22(14)18(26)16(20-6)19(3,4)5/h13-14,16,20H,7-11H2,1-6H3,(H,21,25). The molecule has 2 amide bonds. The summed E-state index contributed by atoms with van der Waals surface area (Å²) in [5.41, 5.74) is -0.287. The van der Waals surface area contributed by atoms with E-state index in [1.807, 2.05) is 27.7 Å². The van der Waals surface area contributed by atoms with E-state index in [0.717, 1.165) is 6.42 Å². The molecule has 26 heavy (non-hydrogen) atoms. The molecule has 0 aromatic heterocycles. The van der Waals surface area contributed by atoms with Crippen LogP contribution < -0.4 is 10.6 Å². The van der Waals surface area contributed by atoms with Crippen LogP contribution in [0.5, 0.6) is 0 Å². The Balaban J connectivity index is 2.91. The second-order valence-electron chi connectivity index (χ2n) is 8.05. The SMILES string of the molecule is CCCC(NC(=O)C1CCCN1C(=O)C(NC)C(C)(C)C)C(=O)C(C)=O. The van der Waals surface area contributed by atoms with E-state index in [2.05, 4.69) is 10.6 Å². The van der Waals surface area contributed by atoms with Crippen LogP contribution in [0.1, 0.15) is 60.3 Å². The number of likely N-dealkylation sites (tertiary alicyclic amines) is 1. The van der Waals surface area contributed by atoms with Gasteiger partial charge in [0, 0.05) is 13.5 Å². The van der Waals surface area contributed by atoms with E-state index in [0.29, 0.717) is 25.8 Å². The number of carbonyl (C=O) groups excluding carboxylic acids is 4. The van der Waals surface area contributed by atoms with Gasteiger partial charge in [-0.2, -0.15) is 0 Å². The highest BCUT2D eigenvalue weighted by atomic mass is 16.2. The minimum absolute atomic E-state index is 0.109. The molecule has 0 spiro atoms. The quantitative estimate of drug-likeness (QED) is 0.625. The second-order valence-corrected chi connectivity index (χ2v) is 8.05. The summed E-state index contributed by atoms with van der Waals surface area (Å²) in [5.74, 6) is -1.61. The predicted molar refractivity (Wildman–Crippen MR) is 99.6 cm³/mol. The fourth-order valence-corrected chi connectivity index (χ4v) is 3.47. The average Bonchev–Trinajstić information content (AvgIpc) is 3.02. The van der Waals surface area contributed by atoms with Crippen molar-refractivity contribution in [1.82, 2.24) is 15.5 Å². The molecular weight excluding hydrogens is 334 g/mol. The van der Waals surface area contributed by atoms with Gasteiger partial charge in [0.1, 0.15) is 6.04 Å². The van der Waals surface area contributed by atoms with Crippen LogP contribution in [-0.2, 0) is 19.2 Å². The van der Waals surface area contributed by atoms with Crippen LogP contribution in [0, 0.1) is 5.41 Å². The summed E-state index contributed by atoms with van der Waals surface area (Å²) in [5, 5.41) is 5.75. The summed E-state index contributed by atoms with van der Waals surface area (Å²) < 4.78 is 0. The average molecular weight is 367 g/mol. The van der Waals surface area contributed by atoms with E-state index in [1.165, 1.54) is 6.92 Å². The van der Waals surface area contributed by atoms with E-state index < -0.39 is 29.7 Å². The number of ketones is 2. The first-order chi connectivity index (χ1) is 12.0. The topological polar surface area (TPSA) is 95.6 Å². The van der Waals surface area contributed by atoms with Crippen LogP contribution in [0.25, 0.3) is 0 Å². The fourth-order valence-electron chi connectivity index (χ4n) is 3.47. The van der Waals surface area contributed by atoms with E-state index in [4.69, 9.17) is 0 Å². The van der Waals surface area contributed by atoms with Crippen molar-refractivity contribution in [3.8, 4) is 0 Å². The molecule has 0 aliphatic carbocycles. The lowest BCUT2D eigenvalue weighted by molar-refractivity contribution is -0.143. The minimum Gasteiger partial charge on any atom is -0.344 e. The van der Waals surface area contributed by atoms with Crippen LogP contribution in [0.4, 0.5) is 0 Å². The molecule has 1 fully saturated rings. The van der Waals surface area contributed by atoms with E-state index in [1.54, 1.807) is 11.9 Å². The number of hydrogen-bond donors (Lipinski definition) is 2. The molecule has 0 radical (unpaired) electrons. The molecule has 0 saturated carbocycles. The first-order valence-corrected chi connectivity index (χ1v) is 9.37. The van der Waals surface area contributed by atoms with Crippen LogP contribution in [0.3, 0.4) is 0 Å². The molecule has 3 atom stereocenters. The maximum absolute atomic E-state index is 13.0. The number of carbonyl (C=O) groups is 4. The summed E-state index contributed by atoms with van der Waals surface area (Å²) in [6.45, 7) is 9.53. The largest absolute Gasteiger partial charge is 0.344 e. The monoisotopic (exact) mass is 367 g/mol. The molecule has 2 N–H and O–H groups in total. The van der Waals surface area contributed by atoms with Crippen LogP contribution in [0.2, 0.25) is 0 Å². The van der Waals surface area contributed by atoms with Crippen LogP contribution >= 0.6 is 0 Å². The lowest BCUT2D eigenvalue weighted by Gasteiger charge is -2.35. The zero-order chi connectivity index (χ0) is 20.1. The van der Waals surface area contributed by atoms with Gasteiger partial charge in [-0.25, -0.2) is 0 Å². The molecule has 0 aromatic rings. The summed E-state index contributed by atoms with van der Waals surface area (Å²) in [4.78, 5) is 50.7. The van der Waals surface area contributed by atoms with Crippen molar-refractivity contribution in [2.24, 2.45) is 5.41 Å². The van der Waals surface area contributed by atoms with Crippen molar-refractivity contribution in [3.05, 3.63) is 0 Å². The Bertz CT molecular complexity index is 553. The number of likely N-dealkylation sites (N-methyl/N-ethyl adjacent to an activating group) is 1. The molecule has 1 rings (SSSR count). The Labute approximate surface area is 156 Å². The molecule has 7 nitrogen and oxygen atoms in total. The first-order valence-electron chi connectivity index (χ1n) is 9.37. The van der Waals surface area contributed by atoms with E-state index >= 15 is 0 Å². The molecule has 7 heteroatoms. The lowest BCUT2D eigenvalue weighted by atomic mass is 9.86. The minimum atomic E-state index is -0.815. The molecule has 0 bridgehead atoms. The zero-order valence-electron chi connectivity index (χ0n) is 16.8. The van der Waals surface area contributed by atoms with Crippen molar-refractivity contribution in [1.29, 1.82) is 0 Å². The van der Waals surface area contributed by atoms with Crippen molar-refractivity contribution >= 4 is 23.4 Å². The molecule has 1 aliphatic heterocycles. The Morgan fingerprint density at radius 2 is 1.81 bits per heavy atom. The summed E-state index contributed by atoms with van der Waals surface area (Å²) in [7, 11) is 1.74. The third-order valence-electron chi connectivity index (χ3n) is 4.80. The van der Waals surface area contributed by atoms with Crippen molar-refractivity contribution in [3.63, 3.8) is 0 Å². The third-order valence-corrected chi connectivity index (χ3v) is 4.80. The highest BCUT2D eigenvalue weighted by Crippen LogP contribution is 2.25. The molecule has 0 aromatic carbocycles. The molecule has 1 saturated heterocycles. The lowest BCUT2D eigenvalue weighted by Crippen LogP contribution is -2.57. The zero-order valence-corrected chi connectivity index (χ0v) is 16.8. The van der Waals surface area contributed by atoms with Gasteiger partial charge in [-0.15, -0.1) is 0 Å². The van der Waals surface area contributed by atoms with Gasteiger partial charge in [-0.1, -0.05) is 34.1 Å². The van der Waals surface area contributed by atoms with Gasteiger partial charge in [0.05, 0.1) is 12.1 Å². The molecule has 3 unspecified atom stereocenters. The number of rotatable bonds is 8. The normalized spacial score (nSPS) is 19.8. The van der Waals surface area contributed by atoms with E-state index in [9.17, 15) is 19.2 Å². The number of Topliss-reactive ketones (excluding diaryl/α,β-unsaturated/α-hetero) is 2. The van der Waals surface area contributed by atoms with Crippen molar-refractivity contribution < 1.29 is 19.2 Å². The number of nitrogens with zero attached hydrogens (tertiary/aromatic N) is 1. The van der Waals surface area contributed by atoms with Gasteiger partial charge in [-0.05, 0) is 31.7 Å². The predicted octanol–water partition coefficient (Wildman–Crippen LogP) is 1.05. The summed E-state index contributed by atoms with van der Waals surface area (Å²) in [6, 6.07) is -1.81. The summed E-state index contributed by atoms with van der Waals surface area (Å²) >= 11 is 0. The number of amides is 2. The smallest absolute Gasteiger partial charge is 0.243 e. The van der Waals surface area contributed by atoms with Crippen LogP contribution in [0.15, 0.2) is 0 Å².